The second-order valence-electron chi connectivity index (χ2n) is 5.26. The predicted octanol–water partition coefficient (Wildman–Crippen LogP) is 3.59. The largest absolute Gasteiger partial charge is 0.378 e. The van der Waals surface area contributed by atoms with Crippen LogP contribution in [0.15, 0.2) is 28.7 Å². The normalized spacial score (nSPS) is 18.5. The second-order valence-corrected chi connectivity index (χ2v) is 6.17. The number of amides is 1. The van der Waals surface area contributed by atoms with Crippen molar-refractivity contribution < 1.29 is 9.53 Å². The van der Waals surface area contributed by atoms with Gasteiger partial charge in [-0.05, 0) is 43.9 Å². The summed E-state index contributed by atoms with van der Waals surface area (Å²) in [6, 6.07) is 8.03. The van der Waals surface area contributed by atoms with E-state index in [1.54, 1.807) is 7.11 Å². The number of methoxy groups -OCH3 is 1. The Kier molecular flexibility index (Phi) is 4.63. The maximum absolute atomic E-state index is 12.1. The fraction of sp³-hybridized carbons (Fsp3) is 0.533. The maximum atomic E-state index is 12.1. The van der Waals surface area contributed by atoms with Gasteiger partial charge in [-0.1, -0.05) is 28.1 Å². The van der Waals surface area contributed by atoms with Gasteiger partial charge in [-0.25, -0.2) is 0 Å². The minimum Gasteiger partial charge on any atom is -0.378 e. The van der Waals surface area contributed by atoms with Crippen molar-refractivity contribution in [1.29, 1.82) is 0 Å². The van der Waals surface area contributed by atoms with Gasteiger partial charge in [0.15, 0.2) is 0 Å². The summed E-state index contributed by atoms with van der Waals surface area (Å²) in [6.45, 7) is 2.00. The third kappa shape index (κ3) is 3.57. The van der Waals surface area contributed by atoms with Gasteiger partial charge in [0.1, 0.15) is 0 Å². The van der Waals surface area contributed by atoms with E-state index in [4.69, 9.17) is 4.74 Å². The molecule has 0 aliphatic heterocycles. The molecule has 1 aromatic rings. The monoisotopic (exact) mass is 325 g/mol. The minimum absolute atomic E-state index is 0.0228. The number of hydrogen-bond acceptors (Lipinski definition) is 2. The van der Waals surface area contributed by atoms with Crippen LogP contribution in [0.4, 0.5) is 0 Å². The van der Waals surface area contributed by atoms with Gasteiger partial charge in [-0.15, -0.1) is 0 Å². The van der Waals surface area contributed by atoms with Crippen molar-refractivity contribution in [2.75, 3.05) is 7.11 Å². The molecule has 3 nitrogen and oxygen atoms in total. The molecule has 1 aliphatic carbocycles. The molecule has 1 saturated carbocycles. The van der Waals surface area contributed by atoms with Gasteiger partial charge in [-0.3, -0.25) is 4.79 Å². The fourth-order valence-corrected chi connectivity index (χ4v) is 2.71. The molecule has 4 heteroatoms. The van der Waals surface area contributed by atoms with Gasteiger partial charge in [0.05, 0.1) is 18.1 Å². The summed E-state index contributed by atoms with van der Waals surface area (Å²) in [5.74, 6) is 0.0666. The summed E-state index contributed by atoms with van der Waals surface area (Å²) in [5.41, 5.74) is 0.903. The second kappa shape index (κ2) is 6.06. The third-order valence-corrected chi connectivity index (χ3v) is 4.46. The lowest BCUT2D eigenvalue weighted by molar-refractivity contribution is -0.134. The van der Waals surface area contributed by atoms with Crippen LogP contribution in [0.5, 0.6) is 0 Å². The van der Waals surface area contributed by atoms with Crippen LogP contribution in [-0.2, 0) is 9.53 Å². The zero-order valence-electron chi connectivity index (χ0n) is 11.4. The summed E-state index contributed by atoms with van der Waals surface area (Å²) >= 11 is 3.41. The Bertz CT molecular complexity index is 434. The molecule has 1 N–H and O–H groups in total. The molecule has 1 aromatic carbocycles. The molecule has 1 fully saturated rings. The number of carbonyl (C=O) groups is 1. The van der Waals surface area contributed by atoms with Crippen molar-refractivity contribution in [3.63, 3.8) is 0 Å². The zero-order chi connectivity index (χ0) is 13.9. The molecule has 0 radical (unpaired) electrons. The average molecular weight is 326 g/mol. The number of benzene rings is 1. The van der Waals surface area contributed by atoms with Crippen LogP contribution >= 0.6 is 15.9 Å². The van der Waals surface area contributed by atoms with Crippen molar-refractivity contribution >= 4 is 21.8 Å². The highest BCUT2D eigenvalue weighted by Gasteiger charge is 2.39. The van der Waals surface area contributed by atoms with E-state index in [2.05, 4.69) is 21.2 Å². The highest BCUT2D eigenvalue weighted by Crippen LogP contribution is 2.38. The summed E-state index contributed by atoms with van der Waals surface area (Å²) in [5, 5.41) is 3.04. The Hall–Kier alpha value is -0.870. The van der Waals surface area contributed by atoms with E-state index < -0.39 is 0 Å². The molecule has 0 aromatic heterocycles. The summed E-state index contributed by atoms with van der Waals surface area (Å²) in [4.78, 5) is 12.1. The highest BCUT2D eigenvalue weighted by atomic mass is 79.9. The summed E-state index contributed by atoms with van der Waals surface area (Å²) < 4.78 is 6.52. The minimum atomic E-state index is -0.205. The van der Waals surface area contributed by atoms with Gasteiger partial charge in [-0.2, -0.15) is 0 Å². The molecule has 19 heavy (non-hydrogen) atoms. The van der Waals surface area contributed by atoms with Crippen molar-refractivity contribution in [3.05, 3.63) is 34.3 Å². The van der Waals surface area contributed by atoms with Crippen molar-refractivity contribution in [2.45, 2.75) is 44.2 Å². The van der Waals surface area contributed by atoms with Crippen molar-refractivity contribution in [2.24, 2.45) is 0 Å². The van der Waals surface area contributed by atoms with Crippen LogP contribution in [0, 0.1) is 0 Å². The van der Waals surface area contributed by atoms with Gasteiger partial charge >= 0.3 is 0 Å². The van der Waals surface area contributed by atoms with Crippen LogP contribution in [0.2, 0.25) is 0 Å². The predicted molar refractivity (Wildman–Crippen MR) is 78.9 cm³/mol. The van der Waals surface area contributed by atoms with Crippen LogP contribution in [0.3, 0.4) is 0 Å². The Labute approximate surface area is 122 Å². The molecule has 0 spiro atoms. The van der Waals surface area contributed by atoms with Crippen LogP contribution < -0.4 is 5.32 Å². The van der Waals surface area contributed by atoms with E-state index >= 15 is 0 Å². The first-order valence-corrected chi connectivity index (χ1v) is 7.44. The maximum Gasteiger partial charge on any atom is 0.223 e. The molecule has 0 bridgehead atoms. The standard InChI is InChI=1S/C15H20BrNO2/c1-11(12-4-6-13(16)7-5-12)17-14(18)10-15(19-2)8-3-9-15/h4-7,11H,3,8-10H2,1-2H3,(H,17,18). The summed E-state index contributed by atoms with van der Waals surface area (Å²) in [6.07, 6.45) is 3.60. The smallest absolute Gasteiger partial charge is 0.223 e. The molecule has 0 saturated heterocycles. The van der Waals surface area contributed by atoms with Crippen LogP contribution in [0.25, 0.3) is 0 Å². The first-order valence-electron chi connectivity index (χ1n) is 6.65. The number of halogens is 1. The quantitative estimate of drug-likeness (QED) is 0.898. The van der Waals surface area contributed by atoms with Gasteiger partial charge in [0, 0.05) is 11.6 Å². The molecule has 0 heterocycles. The van der Waals surface area contributed by atoms with E-state index in [0.717, 1.165) is 29.3 Å². The Morgan fingerprint density at radius 3 is 2.53 bits per heavy atom. The van der Waals surface area contributed by atoms with E-state index in [1.165, 1.54) is 0 Å². The topological polar surface area (TPSA) is 38.3 Å². The Balaban J connectivity index is 1.89. The lowest BCUT2D eigenvalue weighted by atomic mass is 9.77. The molecule has 1 aliphatic rings. The molecule has 1 amide bonds. The Morgan fingerprint density at radius 1 is 1.42 bits per heavy atom. The van der Waals surface area contributed by atoms with Gasteiger partial charge < -0.3 is 10.1 Å². The number of nitrogens with one attached hydrogen (secondary N) is 1. The van der Waals surface area contributed by atoms with E-state index in [9.17, 15) is 4.79 Å². The molecule has 104 valence electrons. The molecular formula is C15H20BrNO2. The lowest BCUT2D eigenvalue weighted by Crippen LogP contribution is -2.44. The summed E-state index contributed by atoms with van der Waals surface area (Å²) in [7, 11) is 1.70. The molecule has 1 unspecified atom stereocenters. The first kappa shape index (κ1) is 14.5. The fourth-order valence-electron chi connectivity index (χ4n) is 2.44. The van der Waals surface area contributed by atoms with Crippen LogP contribution in [-0.4, -0.2) is 18.6 Å². The molecular weight excluding hydrogens is 306 g/mol. The zero-order valence-corrected chi connectivity index (χ0v) is 13.0. The number of rotatable bonds is 5. The number of hydrogen-bond donors (Lipinski definition) is 1. The van der Waals surface area contributed by atoms with Gasteiger partial charge in [0.25, 0.3) is 0 Å². The van der Waals surface area contributed by atoms with E-state index in [1.807, 2.05) is 31.2 Å². The number of carbonyl (C=O) groups excluding carboxylic acids is 1. The highest BCUT2D eigenvalue weighted by molar-refractivity contribution is 9.10. The van der Waals surface area contributed by atoms with Gasteiger partial charge in [0.2, 0.25) is 5.91 Å². The van der Waals surface area contributed by atoms with Crippen molar-refractivity contribution in [3.8, 4) is 0 Å². The third-order valence-electron chi connectivity index (χ3n) is 3.93. The average Bonchev–Trinajstić information content (AvgIpc) is 2.34. The van der Waals surface area contributed by atoms with E-state index in [0.29, 0.717) is 6.42 Å². The molecule has 2 rings (SSSR count). The molecule has 1 atom stereocenters. The lowest BCUT2D eigenvalue weighted by Gasteiger charge is -2.40. The van der Waals surface area contributed by atoms with Crippen LogP contribution in [0.1, 0.15) is 44.2 Å². The number of ether oxygens (including phenoxy) is 1. The SMILES string of the molecule is COC1(CC(=O)NC(C)c2ccc(Br)cc2)CCC1. The van der Waals surface area contributed by atoms with Crippen molar-refractivity contribution in [1.82, 2.24) is 5.32 Å². The first-order chi connectivity index (χ1) is 9.04. The van der Waals surface area contributed by atoms with E-state index in [-0.39, 0.29) is 17.6 Å². The Morgan fingerprint density at radius 2 is 2.05 bits per heavy atom.